The Morgan fingerprint density at radius 3 is 0.766 bits per heavy atom. The van der Waals surface area contributed by atoms with Crippen molar-refractivity contribution in [3.63, 3.8) is 0 Å². The zero-order valence-corrected chi connectivity index (χ0v) is 86.9. The molecule has 7 aromatic heterocycles. The molecule has 70 heteroatoms. The summed E-state index contributed by atoms with van der Waals surface area (Å²) in [5.74, 6) is -0.201. The lowest BCUT2D eigenvalue weighted by molar-refractivity contribution is -0.0583. The van der Waals surface area contributed by atoms with Crippen molar-refractivity contribution in [2.45, 2.75) is 229 Å². The number of aryl methyl sites for hydroxylation is 6. The lowest BCUT2D eigenvalue weighted by atomic mass is 10.1. The molecule has 0 spiro atoms. The molecular weight excluding hydrogens is 2160 g/mol. The lowest BCUT2D eigenvalue weighted by Crippen LogP contribution is -2.33. The van der Waals surface area contributed by atoms with Crippen LogP contribution in [0.4, 0.5) is 11.6 Å². The number of rotatable bonds is 41. The minimum absolute atomic E-state index is 0.0140. The number of aromatic amines is 5. The van der Waals surface area contributed by atoms with Gasteiger partial charge in [0, 0.05) is 135 Å². The summed E-state index contributed by atoms with van der Waals surface area (Å²) in [5.41, 5.74) is 2.66. The Bertz CT molecular complexity index is 7040. The maximum Gasteiger partial charge on any atom is 0.351 e. The van der Waals surface area contributed by atoms with Crippen LogP contribution < -0.4 is 79.1 Å². The van der Waals surface area contributed by atoms with Gasteiger partial charge in [-0.05, 0) is 131 Å². The van der Waals surface area contributed by atoms with Crippen LogP contribution in [0.5, 0.6) is 0 Å². The molecule has 0 amide bonds. The van der Waals surface area contributed by atoms with Gasteiger partial charge in [-0.2, -0.15) is 9.97 Å². The van der Waals surface area contributed by atoms with Crippen LogP contribution in [0.2, 0.25) is 0 Å². The third-order valence-corrected chi connectivity index (χ3v) is 34.4. The molecular formula is C71H97N16O40P7S7. The van der Waals surface area contributed by atoms with Crippen molar-refractivity contribution in [2.24, 2.45) is 0 Å². The number of H-pyrrole nitrogens is 5. The highest BCUT2D eigenvalue weighted by molar-refractivity contribution is 8.09. The Morgan fingerprint density at radius 1 is 0.326 bits per heavy atom. The number of hydrogen-bond acceptors (Lipinski definition) is 44. The molecule has 14 rings (SSSR count). The van der Waals surface area contributed by atoms with Crippen molar-refractivity contribution in [1.29, 1.82) is 0 Å². The van der Waals surface area contributed by atoms with E-state index in [1.165, 1.54) is 65.6 Å². The molecule has 7 aliphatic heterocycles. The van der Waals surface area contributed by atoms with Crippen molar-refractivity contribution in [1.82, 2.24) is 66.9 Å². The Balaban J connectivity index is 0.665. The van der Waals surface area contributed by atoms with Crippen LogP contribution in [0.3, 0.4) is 0 Å². The largest absolute Gasteiger partial charge is 0.383 e. The number of hydrogen-bond donors (Lipinski definition) is 14. The van der Waals surface area contributed by atoms with Gasteiger partial charge in [0.05, 0.1) is 88.5 Å². The maximum absolute atomic E-state index is 13.6. The molecule has 0 saturated carbocycles. The third-order valence-electron chi connectivity index (χ3n) is 23.1. The highest BCUT2D eigenvalue weighted by Gasteiger charge is 2.52. The predicted molar refractivity (Wildman–Crippen MR) is 513 cm³/mol. The second kappa shape index (κ2) is 44.9. The average molecular weight is 2260 g/mol. The van der Waals surface area contributed by atoms with E-state index in [4.69, 9.17) is 191 Å². The van der Waals surface area contributed by atoms with Gasteiger partial charge in [-0.25, -0.2) is 33.6 Å². The molecule has 28 atom stereocenters. The fourth-order valence-corrected chi connectivity index (χ4v) is 25.8. The van der Waals surface area contributed by atoms with E-state index >= 15 is 0 Å². The van der Waals surface area contributed by atoms with E-state index in [1.807, 2.05) is 0 Å². The maximum atomic E-state index is 13.6. The minimum atomic E-state index is -4.80. The van der Waals surface area contributed by atoms with Gasteiger partial charge in [-0.1, -0.05) is 6.92 Å². The molecule has 7 aromatic rings. The first-order chi connectivity index (χ1) is 66.0. The topological polar surface area (TPSA) is 732 Å². The van der Waals surface area contributed by atoms with Crippen molar-refractivity contribution in [3.05, 3.63) is 208 Å². The number of anilines is 2. The fraction of sp³-hybridized carbons (Fsp3) is 0.606. The van der Waals surface area contributed by atoms with Gasteiger partial charge in [0.25, 0.3) is 27.8 Å². The van der Waals surface area contributed by atoms with Gasteiger partial charge < -0.3 is 142 Å². The number of aromatic nitrogens is 14. The van der Waals surface area contributed by atoms with E-state index in [9.17, 15) is 91.8 Å². The zero-order valence-electron chi connectivity index (χ0n) is 74.9. The number of nitrogens with two attached hydrogens (primary N) is 2. The third kappa shape index (κ3) is 27.7. The molecule has 0 radical (unpaired) electrons. The van der Waals surface area contributed by atoms with Crippen molar-refractivity contribution >= 4 is 141 Å². The molecule has 56 nitrogen and oxygen atoms in total. The smallest absolute Gasteiger partial charge is 0.351 e. The normalized spacial score (nSPS) is 29.9. The molecule has 7 aliphatic rings. The Kier molecular flexibility index (Phi) is 35.3. The van der Waals surface area contributed by atoms with Crippen LogP contribution in [0, 0.1) is 41.5 Å². The number of nitrogens with one attached hydrogen (secondary N) is 5. The molecule has 0 bridgehead atoms. The van der Waals surface area contributed by atoms with Crippen LogP contribution in [0.25, 0.3) is 0 Å². The van der Waals surface area contributed by atoms with Gasteiger partial charge in [-0.15, -0.1) is 0 Å². The molecule has 14 heterocycles. The summed E-state index contributed by atoms with van der Waals surface area (Å²) in [6, 6.07) is 1.11. The first-order valence-electron chi connectivity index (χ1n) is 42.4. The molecule has 141 heavy (non-hydrogen) atoms. The van der Waals surface area contributed by atoms with Crippen molar-refractivity contribution in [3.8, 4) is 0 Å². The van der Waals surface area contributed by atoms with E-state index < -0.39 is 303 Å². The van der Waals surface area contributed by atoms with Gasteiger partial charge in [0.15, 0.2) is 0 Å². The van der Waals surface area contributed by atoms with Crippen LogP contribution in [-0.2, 0) is 179 Å². The minimum Gasteiger partial charge on any atom is -0.383 e. The summed E-state index contributed by atoms with van der Waals surface area (Å²) in [6.45, 7) is -26.3. The molecule has 778 valence electrons. The molecule has 0 aliphatic carbocycles. The SMILES string of the molecule is CC[C@H]1O[C@@H](n2ccc(=O)[nH]c2=O)CC1OP(O)(=S)OC[C@H]1O[C@@H](n2cc(C)c(=O)[nH]c2=O)CC1OP(O)(=S)OC[C@H]1O[C@@H](n2cc(C)c(=O)[nH]c2=O)CC1OP(O)(=S)OC[C@H]1O[C@@H](n2cc(C)c(=O)[nH]c2=O)CC1OP(O)(=S)OC[C@H]1O[C@@H](n2cc(C)c(N)nc2=O)CC1OP(O)(=S)OC[C@H]1O[C@@H](n2cc(C)c(=O)[nH]c2=O)CC1OP(O)(=S)OC[C@H]1O[C@@H](n2cc(C)c(N)nc2=O)CC1OP(O)(=S)OC. The quantitative estimate of drug-likeness (QED) is 0.0218. The van der Waals surface area contributed by atoms with Crippen LogP contribution in [0.15, 0.2) is 107 Å². The van der Waals surface area contributed by atoms with E-state index in [2.05, 4.69) is 34.9 Å². The second-order valence-corrected chi connectivity index (χ2v) is 52.8. The molecule has 0 aromatic carbocycles. The monoisotopic (exact) mass is 2250 g/mol. The predicted octanol–water partition coefficient (Wildman–Crippen LogP) is -0.351. The van der Waals surface area contributed by atoms with Gasteiger partial charge in [0.1, 0.15) is 91.9 Å². The highest BCUT2D eigenvalue weighted by Crippen LogP contribution is 2.58. The summed E-state index contributed by atoms with van der Waals surface area (Å²) in [7, 11) is 1.10. The van der Waals surface area contributed by atoms with E-state index in [0.717, 1.165) is 57.5 Å². The van der Waals surface area contributed by atoms with Crippen LogP contribution >= 0.6 is 47.0 Å². The Hall–Kier alpha value is -5.81. The second-order valence-electron chi connectivity index (χ2n) is 33.1. The fourth-order valence-electron chi connectivity index (χ4n) is 16.0. The number of ether oxygens (including phenoxy) is 7. The number of nitrogen functional groups attached to an aromatic ring is 2. The van der Waals surface area contributed by atoms with E-state index in [1.54, 1.807) is 13.8 Å². The Labute approximate surface area is 828 Å². The highest BCUT2D eigenvalue weighted by atomic mass is 32.5. The summed E-state index contributed by atoms with van der Waals surface area (Å²) in [6.07, 6.45) is -21.6. The molecule has 16 N–H and O–H groups in total. The first-order valence-corrected chi connectivity index (χ1v) is 60.5. The van der Waals surface area contributed by atoms with Gasteiger partial charge >= 0.3 is 86.9 Å². The summed E-state index contributed by atoms with van der Waals surface area (Å²) in [4.78, 5) is 257. The summed E-state index contributed by atoms with van der Waals surface area (Å²) in [5, 5.41) is 0. The van der Waals surface area contributed by atoms with Crippen LogP contribution in [-0.4, -0.2) is 233 Å². The van der Waals surface area contributed by atoms with Gasteiger partial charge in [-0.3, -0.25) is 80.9 Å². The van der Waals surface area contributed by atoms with Gasteiger partial charge in [0.2, 0.25) is 0 Å². The molecule has 7 saturated heterocycles. The number of nitrogens with zero attached hydrogens (tertiary/aromatic N) is 9. The molecule has 7 fully saturated rings. The summed E-state index contributed by atoms with van der Waals surface area (Å²) >= 11 is 38.5. The summed E-state index contributed by atoms with van der Waals surface area (Å²) < 4.78 is 133. The molecule has 14 unspecified atom stereocenters. The van der Waals surface area contributed by atoms with E-state index in [-0.39, 0.29) is 66.0 Å². The van der Waals surface area contributed by atoms with E-state index in [0.29, 0.717) is 11.1 Å². The van der Waals surface area contributed by atoms with Crippen molar-refractivity contribution in [2.75, 3.05) is 58.2 Å². The van der Waals surface area contributed by atoms with Crippen molar-refractivity contribution < 1.29 is 131 Å². The Morgan fingerprint density at radius 2 is 0.532 bits per heavy atom. The lowest BCUT2D eigenvalue weighted by Gasteiger charge is -2.29. The zero-order chi connectivity index (χ0) is 103. The van der Waals surface area contributed by atoms with Crippen LogP contribution in [0.1, 0.15) is 135 Å². The first kappa shape index (κ1) is 111. The average Bonchev–Trinajstić information content (AvgIpc) is 1.66. The standard InChI is InChI=1S/C71H97N16O40P7S7/c1-9-37-38(12-52(114-37)81-11-10-51(88)74-65(81)93)122-129(101,136)108-26-47-41(15-55(117-47)84-21-33(4)61(89)77-68(84)96)125-133(105,140)112-29-50-44(18-58(120-50)87-24-36(7)64(92)80-71(87)99)127-134(106,141)113-30-49-43(17-57(119-49)86-23-35(6)63(91)79-70(86)98)126-132(104,139)110-27-46-40(14-54(116-46)83-20-32(3)60(73)76-67(83)95)123-131(103,138)111-28-48-42(16-56(118-48)85-22-34(5)62(90)78-69(85)97)124-130(102,137)109-25-45-39(121-128(100,135)107-8)13-53(115-45)82-19-31(2)59(72)75-66(82)94/h10-11,19-24,37-50,52-58H,9,12-18,25-30H2,1-8H3,(H,100,135)(H,101,136)(H,102,137)(H,103,138)(H,104,139)(H,105,140)(H,106,141)(H2,72,75,94)(H2,73,76,95)(H,74,88,93)(H,77,89,96)(H,78,90,97)(H,79,91,98)(H,80,92,99)/t37-,38?,39?,40?,41?,42?,43?,44?,45-,46-,47-,48-,49-,50-,52-,53-,54-,55-,56-,57-,58-,128?,129?,130?,131?,132?,133?,134?/m1/s1.